The zero-order valence-corrected chi connectivity index (χ0v) is 10.2. The minimum Gasteiger partial charge on any atom is -0.272 e. The Hall–Kier alpha value is -1.09. The van der Waals surface area contributed by atoms with Crippen LogP contribution in [0, 0.1) is 0 Å². The van der Waals surface area contributed by atoms with Crippen LogP contribution in [0.15, 0.2) is 41.1 Å². The lowest BCUT2D eigenvalue weighted by Gasteiger charge is -1.98. The highest BCUT2D eigenvalue weighted by Gasteiger charge is 2.01. The fourth-order valence-corrected chi connectivity index (χ4v) is 1.93. The van der Waals surface area contributed by atoms with Crippen LogP contribution < -0.4 is 0 Å². The minimum atomic E-state index is 0.980. The van der Waals surface area contributed by atoms with Crippen molar-refractivity contribution in [3.63, 3.8) is 0 Å². The first-order valence-corrected chi connectivity index (χ1v) is 5.87. The van der Waals surface area contributed by atoms with E-state index in [9.17, 15) is 0 Å². The number of nitrogens with zero attached hydrogens (tertiary/aromatic N) is 2. The molecule has 0 aliphatic rings. The van der Waals surface area contributed by atoms with Crippen LogP contribution in [-0.2, 0) is 6.54 Å². The van der Waals surface area contributed by atoms with Gasteiger partial charge in [-0.2, -0.15) is 5.10 Å². The van der Waals surface area contributed by atoms with Gasteiger partial charge in [0.15, 0.2) is 0 Å². The highest BCUT2D eigenvalue weighted by atomic mass is 79.9. The first kappa shape index (κ1) is 10.4. The van der Waals surface area contributed by atoms with E-state index in [1.54, 1.807) is 0 Å². The summed E-state index contributed by atoms with van der Waals surface area (Å²) in [5.74, 6) is 0. The molecule has 0 aliphatic carbocycles. The van der Waals surface area contributed by atoms with Crippen LogP contribution in [0.25, 0.3) is 11.1 Å². The summed E-state index contributed by atoms with van der Waals surface area (Å²) in [4.78, 5) is 0. The molecule has 78 valence electrons. The van der Waals surface area contributed by atoms with Crippen LogP contribution in [0.4, 0.5) is 0 Å². The molecule has 0 saturated heterocycles. The van der Waals surface area contributed by atoms with E-state index < -0.39 is 0 Å². The van der Waals surface area contributed by atoms with Crippen LogP contribution in [0.5, 0.6) is 0 Å². The molecule has 0 atom stereocenters. The normalized spacial score (nSPS) is 10.5. The van der Waals surface area contributed by atoms with E-state index in [-0.39, 0.29) is 0 Å². The monoisotopic (exact) mass is 264 g/mol. The van der Waals surface area contributed by atoms with Crippen molar-refractivity contribution in [2.45, 2.75) is 19.9 Å². The van der Waals surface area contributed by atoms with Crippen molar-refractivity contribution < 1.29 is 0 Å². The van der Waals surface area contributed by atoms with Crippen LogP contribution in [0.3, 0.4) is 0 Å². The summed E-state index contributed by atoms with van der Waals surface area (Å²) in [6.45, 7) is 3.13. The van der Waals surface area contributed by atoms with Crippen molar-refractivity contribution in [1.82, 2.24) is 9.78 Å². The molecule has 0 saturated carbocycles. The molecular weight excluding hydrogens is 252 g/mol. The maximum atomic E-state index is 4.31. The molecule has 0 aliphatic heterocycles. The first-order valence-electron chi connectivity index (χ1n) is 5.08. The molecule has 1 aromatic heterocycles. The SMILES string of the molecule is CCCn1cc(-c2cccc(Br)c2)cn1. The predicted octanol–water partition coefficient (Wildman–Crippen LogP) is 3.72. The fraction of sp³-hybridized carbons (Fsp3) is 0.250. The van der Waals surface area contributed by atoms with Crippen LogP contribution in [-0.4, -0.2) is 9.78 Å². The molecule has 2 aromatic rings. The first-order chi connectivity index (χ1) is 7.29. The standard InChI is InChI=1S/C12H13BrN2/c1-2-6-15-9-11(8-14-15)10-4-3-5-12(13)7-10/h3-5,7-9H,2,6H2,1H3. The Bertz CT molecular complexity index is 448. The van der Waals surface area contributed by atoms with Crippen molar-refractivity contribution in [3.8, 4) is 11.1 Å². The molecule has 3 heteroatoms. The summed E-state index contributed by atoms with van der Waals surface area (Å²) < 4.78 is 3.08. The van der Waals surface area contributed by atoms with E-state index in [2.05, 4.69) is 46.3 Å². The lowest BCUT2D eigenvalue weighted by atomic mass is 10.1. The fourth-order valence-electron chi connectivity index (χ4n) is 1.53. The van der Waals surface area contributed by atoms with Crippen molar-refractivity contribution in [1.29, 1.82) is 0 Å². The minimum absolute atomic E-state index is 0.980. The lowest BCUT2D eigenvalue weighted by Crippen LogP contribution is -1.95. The Kier molecular flexibility index (Phi) is 3.21. The van der Waals surface area contributed by atoms with Gasteiger partial charge in [-0.15, -0.1) is 0 Å². The van der Waals surface area contributed by atoms with Gasteiger partial charge in [-0.1, -0.05) is 35.0 Å². The van der Waals surface area contributed by atoms with Gasteiger partial charge in [0.25, 0.3) is 0 Å². The molecule has 0 amide bonds. The Morgan fingerprint density at radius 2 is 2.20 bits per heavy atom. The Morgan fingerprint density at radius 1 is 1.33 bits per heavy atom. The summed E-state index contributed by atoms with van der Waals surface area (Å²) in [5, 5.41) is 4.31. The molecule has 0 radical (unpaired) electrons. The largest absolute Gasteiger partial charge is 0.272 e. The van der Waals surface area contributed by atoms with E-state index >= 15 is 0 Å². The summed E-state index contributed by atoms with van der Waals surface area (Å²) in [5.41, 5.74) is 2.37. The second-order valence-corrected chi connectivity index (χ2v) is 4.42. The molecule has 0 fully saturated rings. The van der Waals surface area contributed by atoms with Gasteiger partial charge in [0, 0.05) is 22.8 Å². The Labute approximate surface area is 98.1 Å². The van der Waals surface area contributed by atoms with E-state index in [0.29, 0.717) is 0 Å². The van der Waals surface area contributed by atoms with Gasteiger partial charge < -0.3 is 0 Å². The third-order valence-electron chi connectivity index (χ3n) is 2.24. The maximum absolute atomic E-state index is 4.31. The molecule has 1 aromatic carbocycles. The van der Waals surface area contributed by atoms with Gasteiger partial charge in [-0.05, 0) is 24.1 Å². The highest BCUT2D eigenvalue weighted by molar-refractivity contribution is 9.10. The molecule has 0 bridgehead atoms. The lowest BCUT2D eigenvalue weighted by molar-refractivity contribution is 0.603. The summed E-state index contributed by atoms with van der Waals surface area (Å²) in [6, 6.07) is 8.27. The maximum Gasteiger partial charge on any atom is 0.0568 e. The van der Waals surface area contributed by atoms with E-state index in [1.165, 1.54) is 11.1 Å². The van der Waals surface area contributed by atoms with Gasteiger partial charge in [0.05, 0.1) is 6.20 Å². The molecule has 2 rings (SSSR count). The van der Waals surface area contributed by atoms with E-state index in [1.807, 2.05) is 23.0 Å². The Morgan fingerprint density at radius 3 is 2.93 bits per heavy atom. The topological polar surface area (TPSA) is 17.8 Å². The number of aromatic nitrogens is 2. The third-order valence-corrected chi connectivity index (χ3v) is 2.74. The smallest absolute Gasteiger partial charge is 0.0568 e. The van der Waals surface area contributed by atoms with Gasteiger partial charge in [0.1, 0.15) is 0 Å². The van der Waals surface area contributed by atoms with Crippen molar-refractivity contribution in [3.05, 3.63) is 41.1 Å². The molecule has 15 heavy (non-hydrogen) atoms. The number of aryl methyl sites for hydroxylation is 1. The molecular formula is C12H13BrN2. The second-order valence-electron chi connectivity index (χ2n) is 3.50. The average molecular weight is 265 g/mol. The zero-order valence-electron chi connectivity index (χ0n) is 8.65. The molecule has 2 nitrogen and oxygen atoms in total. The Balaban J connectivity index is 2.29. The van der Waals surface area contributed by atoms with Crippen LogP contribution in [0.2, 0.25) is 0 Å². The van der Waals surface area contributed by atoms with Gasteiger partial charge in [0.2, 0.25) is 0 Å². The molecule has 0 N–H and O–H groups in total. The van der Waals surface area contributed by atoms with E-state index in [4.69, 9.17) is 0 Å². The number of benzene rings is 1. The second kappa shape index (κ2) is 4.62. The highest BCUT2D eigenvalue weighted by Crippen LogP contribution is 2.22. The van der Waals surface area contributed by atoms with Gasteiger partial charge in [-0.3, -0.25) is 4.68 Å². The van der Waals surface area contributed by atoms with Gasteiger partial charge in [-0.25, -0.2) is 0 Å². The van der Waals surface area contributed by atoms with Crippen LogP contribution in [0.1, 0.15) is 13.3 Å². The average Bonchev–Trinajstić information content (AvgIpc) is 2.67. The zero-order chi connectivity index (χ0) is 10.7. The molecule has 0 unspecified atom stereocenters. The van der Waals surface area contributed by atoms with E-state index in [0.717, 1.165) is 17.4 Å². The third kappa shape index (κ3) is 2.48. The number of rotatable bonds is 3. The summed E-state index contributed by atoms with van der Waals surface area (Å²) >= 11 is 3.47. The number of hydrogen-bond donors (Lipinski definition) is 0. The molecule has 0 spiro atoms. The van der Waals surface area contributed by atoms with Crippen molar-refractivity contribution in [2.75, 3.05) is 0 Å². The van der Waals surface area contributed by atoms with Crippen molar-refractivity contribution in [2.24, 2.45) is 0 Å². The number of hydrogen-bond acceptors (Lipinski definition) is 1. The predicted molar refractivity (Wildman–Crippen MR) is 65.7 cm³/mol. The summed E-state index contributed by atoms with van der Waals surface area (Å²) in [7, 11) is 0. The molecule has 1 heterocycles. The summed E-state index contributed by atoms with van der Waals surface area (Å²) in [6.07, 6.45) is 5.11. The number of halogens is 1. The quantitative estimate of drug-likeness (QED) is 0.826. The van der Waals surface area contributed by atoms with Crippen molar-refractivity contribution >= 4 is 15.9 Å². The van der Waals surface area contributed by atoms with Crippen LogP contribution >= 0.6 is 15.9 Å². The van der Waals surface area contributed by atoms with Gasteiger partial charge >= 0.3 is 0 Å².